The standard InChI is InChI=1S/C5H6F3NO3S/c6-5(7,8)13-2-1-9-3(10)4(11)12/h1-2H2,(H,9,10)(H,11,12). The van der Waals surface area contributed by atoms with Gasteiger partial charge in [-0.2, -0.15) is 13.2 Å². The number of carbonyl (C=O) groups excluding carboxylic acids is 1. The van der Waals surface area contributed by atoms with Gasteiger partial charge in [-0.3, -0.25) is 4.79 Å². The maximum absolute atomic E-state index is 11.5. The number of amides is 1. The first-order valence-corrected chi connectivity index (χ1v) is 4.03. The summed E-state index contributed by atoms with van der Waals surface area (Å²) in [6.07, 6.45) is 0. The number of carboxylic acid groups (broad SMARTS) is 1. The Morgan fingerprint density at radius 3 is 2.31 bits per heavy atom. The summed E-state index contributed by atoms with van der Waals surface area (Å²) in [7, 11) is 0. The van der Waals surface area contributed by atoms with Gasteiger partial charge in [-0.15, -0.1) is 0 Å². The normalized spacial score (nSPS) is 11.0. The van der Waals surface area contributed by atoms with Crippen LogP contribution in [0.1, 0.15) is 0 Å². The van der Waals surface area contributed by atoms with Crippen molar-refractivity contribution >= 4 is 23.6 Å². The van der Waals surface area contributed by atoms with E-state index in [4.69, 9.17) is 5.11 Å². The number of aliphatic carboxylic acids is 1. The SMILES string of the molecule is O=C(O)C(=O)NCCSC(F)(F)F. The third kappa shape index (κ3) is 7.44. The van der Waals surface area contributed by atoms with Crippen LogP contribution in [-0.2, 0) is 9.59 Å². The second kappa shape index (κ2) is 4.95. The summed E-state index contributed by atoms with van der Waals surface area (Å²) in [5.74, 6) is -3.41. The second-order valence-electron chi connectivity index (χ2n) is 1.86. The molecule has 0 aliphatic rings. The number of hydrogen-bond acceptors (Lipinski definition) is 3. The molecule has 0 rings (SSSR count). The van der Waals surface area contributed by atoms with Crippen molar-refractivity contribution in [1.29, 1.82) is 0 Å². The molecule has 4 nitrogen and oxygen atoms in total. The lowest BCUT2D eigenvalue weighted by atomic mass is 10.6. The van der Waals surface area contributed by atoms with Gasteiger partial charge in [0.1, 0.15) is 0 Å². The number of rotatable bonds is 3. The van der Waals surface area contributed by atoms with Gasteiger partial charge in [-0.05, 0) is 11.8 Å². The van der Waals surface area contributed by atoms with E-state index in [2.05, 4.69) is 0 Å². The van der Waals surface area contributed by atoms with Crippen molar-refractivity contribution in [3.8, 4) is 0 Å². The van der Waals surface area contributed by atoms with E-state index in [-0.39, 0.29) is 18.3 Å². The molecule has 8 heteroatoms. The van der Waals surface area contributed by atoms with Crippen LogP contribution in [0.3, 0.4) is 0 Å². The average Bonchev–Trinajstić information content (AvgIpc) is 1.95. The Morgan fingerprint density at radius 1 is 1.38 bits per heavy atom. The molecule has 0 atom stereocenters. The summed E-state index contributed by atoms with van der Waals surface area (Å²) in [5.41, 5.74) is -4.35. The van der Waals surface area contributed by atoms with Crippen LogP contribution >= 0.6 is 11.8 Å². The molecule has 0 aromatic carbocycles. The molecule has 0 aromatic heterocycles. The summed E-state index contributed by atoms with van der Waals surface area (Å²) in [6.45, 7) is -0.324. The van der Waals surface area contributed by atoms with Crippen molar-refractivity contribution in [2.75, 3.05) is 12.3 Å². The Kier molecular flexibility index (Phi) is 4.60. The van der Waals surface area contributed by atoms with Crippen molar-refractivity contribution < 1.29 is 27.9 Å². The number of nitrogens with one attached hydrogen (secondary N) is 1. The van der Waals surface area contributed by atoms with Crippen LogP contribution in [0.2, 0.25) is 0 Å². The molecule has 0 aromatic rings. The fourth-order valence-electron chi connectivity index (χ4n) is 0.407. The average molecular weight is 217 g/mol. The van der Waals surface area contributed by atoms with Crippen LogP contribution in [0.5, 0.6) is 0 Å². The topological polar surface area (TPSA) is 66.4 Å². The highest BCUT2D eigenvalue weighted by Crippen LogP contribution is 2.29. The number of halogens is 3. The van der Waals surface area contributed by atoms with E-state index >= 15 is 0 Å². The quantitative estimate of drug-likeness (QED) is 0.531. The number of carbonyl (C=O) groups is 2. The molecule has 0 saturated heterocycles. The second-order valence-corrected chi connectivity index (χ2v) is 3.02. The molecule has 0 unspecified atom stereocenters. The number of thioether (sulfide) groups is 1. The highest BCUT2D eigenvalue weighted by molar-refractivity contribution is 8.00. The van der Waals surface area contributed by atoms with Gasteiger partial charge in [0.05, 0.1) is 0 Å². The minimum atomic E-state index is -4.35. The lowest BCUT2D eigenvalue weighted by Gasteiger charge is -2.04. The lowest BCUT2D eigenvalue weighted by molar-refractivity contribution is -0.150. The van der Waals surface area contributed by atoms with Crippen LogP contribution in [0.25, 0.3) is 0 Å². The third-order valence-corrected chi connectivity index (χ3v) is 1.58. The van der Waals surface area contributed by atoms with E-state index in [9.17, 15) is 22.8 Å². The monoisotopic (exact) mass is 217 g/mol. The lowest BCUT2D eigenvalue weighted by Crippen LogP contribution is -2.32. The highest BCUT2D eigenvalue weighted by atomic mass is 32.2. The zero-order valence-corrected chi connectivity index (χ0v) is 7.04. The Morgan fingerprint density at radius 2 is 1.92 bits per heavy atom. The molecule has 0 saturated carbocycles. The molecular weight excluding hydrogens is 211 g/mol. The molecule has 2 N–H and O–H groups in total. The van der Waals surface area contributed by atoms with E-state index in [0.29, 0.717) is 0 Å². The zero-order valence-electron chi connectivity index (χ0n) is 6.22. The first-order chi connectivity index (χ1) is 5.83. The maximum Gasteiger partial charge on any atom is 0.441 e. The minimum absolute atomic E-state index is 0.320. The molecule has 0 radical (unpaired) electrons. The van der Waals surface area contributed by atoms with E-state index in [0.717, 1.165) is 0 Å². The van der Waals surface area contributed by atoms with Crippen LogP contribution in [0.4, 0.5) is 13.2 Å². The summed E-state index contributed by atoms with van der Waals surface area (Å²) in [6, 6.07) is 0. The predicted octanol–water partition coefficient (Wildman–Crippen LogP) is 0.440. The Bertz CT molecular complexity index is 206. The highest BCUT2D eigenvalue weighted by Gasteiger charge is 2.27. The van der Waals surface area contributed by atoms with Gasteiger partial charge in [-0.1, -0.05) is 0 Å². The first kappa shape index (κ1) is 12.1. The van der Waals surface area contributed by atoms with Gasteiger partial charge in [0.25, 0.3) is 0 Å². The molecular formula is C5H6F3NO3S. The van der Waals surface area contributed by atoms with Crippen molar-refractivity contribution in [2.24, 2.45) is 0 Å². The molecule has 1 amide bonds. The molecule has 13 heavy (non-hydrogen) atoms. The largest absolute Gasteiger partial charge is 0.474 e. The Balaban J connectivity index is 3.47. The van der Waals surface area contributed by atoms with Crippen molar-refractivity contribution in [3.63, 3.8) is 0 Å². The van der Waals surface area contributed by atoms with Gasteiger partial charge in [-0.25, -0.2) is 4.79 Å². The van der Waals surface area contributed by atoms with Crippen molar-refractivity contribution in [1.82, 2.24) is 5.32 Å². The van der Waals surface area contributed by atoms with E-state index < -0.39 is 23.1 Å². The Hall–Kier alpha value is -0.920. The molecule has 0 aliphatic carbocycles. The van der Waals surface area contributed by atoms with Crippen LogP contribution < -0.4 is 5.32 Å². The third-order valence-electron chi connectivity index (χ3n) is 0.848. The molecule has 0 bridgehead atoms. The van der Waals surface area contributed by atoms with Crippen LogP contribution in [-0.4, -0.2) is 34.8 Å². The predicted molar refractivity (Wildman–Crippen MR) is 39.2 cm³/mol. The van der Waals surface area contributed by atoms with Gasteiger partial charge in [0.15, 0.2) is 0 Å². The maximum atomic E-state index is 11.5. The first-order valence-electron chi connectivity index (χ1n) is 3.05. The van der Waals surface area contributed by atoms with E-state index in [1.54, 1.807) is 5.32 Å². The fourth-order valence-corrected chi connectivity index (χ4v) is 0.843. The number of carboxylic acids is 1. The number of hydrogen-bond donors (Lipinski definition) is 2. The molecule has 0 fully saturated rings. The number of alkyl halides is 3. The van der Waals surface area contributed by atoms with Gasteiger partial charge in [0, 0.05) is 12.3 Å². The van der Waals surface area contributed by atoms with Gasteiger partial charge in [0.2, 0.25) is 0 Å². The minimum Gasteiger partial charge on any atom is -0.474 e. The van der Waals surface area contributed by atoms with E-state index in [1.807, 2.05) is 0 Å². The fraction of sp³-hybridized carbons (Fsp3) is 0.600. The van der Waals surface area contributed by atoms with Gasteiger partial charge >= 0.3 is 17.4 Å². The summed E-state index contributed by atoms with van der Waals surface area (Å²) in [4.78, 5) is 20.1. The van der Waals surface area contributed by atoms with Crippen LogP contribution in [0.15, 0.2) is 0 Å². The molecule has 0 spiro atoms. The summed E-state index contributed by atoms with van der Waals surface area (Å²) >= 11 is -0.320. The van der Waals surface area contributed by atoms with Crippen molar-refractivity contribution in [3.05, 3.63) is 0 Å². The van der Waals surface area contributed by atoms with E-state index in [1.165, 1.54) is 0 Å². The summed E-state index contributed by atoms with van der Waals surface area (Å²) in [5, 5.41) is 9.80. The molecule has 76 valence electrons. The smallest absolute Gasteiger partial charge is 0.441 e. The summed E-state index contributed by atoms with van der Waals surface area (Å²) < 4.78 is 34.4. The van der Waals surface area contributed by atoms with Gasteiger partial charge < -0.3 is 10.4 Å². The Labute approximate surface area is 75.5 Å². The molecule has 0 aliphatic heterocycles. The van der Waals surface area contributed by atoms with Crippen molar-refractivity contribution in [2.45, 2.75) is 5.51 Å². The van der Waals surface area contributed by atoms with Crippen LogP contribution in [0, 0.1) is 0 Å². The zero-order chi connectivity index (χ0) is 10.5. The molecule has 0 heterocycles.